The molecule has 0 spiro atoms. The molecule has 5 heteroatoms. The second-order valence-electron chi connectivity index (χ2n) is 5.94. The summed E-state index contributed by atoms with van der Waals surface area (Å²) >= 11 is 1.32. The number of ketones is 1. The number of anilines is 1. The molecule has 1 fully saturated rings. The van der Waals surface area contributed by atoms with Gasteiger partial charge in [0.15, 0.2) is 10.9 Å². The molecular weight excluding hydrogens is 284 g/mol. The fraction of sp³-hybridized carbons (Fsp3) is 0.688. The number of thiazole rings is 1. The van der Waals surface area contributed by atoms with Gasteiger partial charge in [0.1, 0.15) is 5.69 Å². The Morgan fingerprint density at radius 2 is 2.05 bits per heavy atom. The summed E-state index contributed by atoms with van der Waals surface area (Å²) in [7, 11) is 0. The summed E-state index contributed by atoms with van der Waals surface area (Å²) in [5.41, 5.74) is 0.429. The van der Waals surface area contributed by atoms with E-state index in [1.54, 1.807) is 5.38 Å². The summed E-state index contributed by atoms with van der Waals surface area (Å²) in [5, 5.41) is 5.10. The van der Waals surface area contributed by atoms with Gasteiger partial charge in [0.25, 0.3) is 0 Å². The lowest BCUT2D eigenvalue weighted by molar-refractivity contribution is -0.121. The lowest BCUT2D eigenvalue weighted by Gasteiger charge is -2.27. The minimum absolute atomic E-state index is 0.0633. The molecule has 0 bridgehead atoms. The highest BCUT2D eigenvalue weighted by atomic mass is 32.1. The van der Waals surface area contributed by atoms with Crippen LogP contribution in [0.1, 0.15) is 69.3 Å². The lowest BCUT2D eigenvalue weighted by Crippen LogP contribution is -2.27. The van der Waals surface area contributed by atoms with Gasteiger partial charge in [-0.25, -0.2) is 4.98 Å². The fourth-order valence-electron chi connectivity index (χ4n) is 2.91. The van der Waals surface area contributed by atoms with Crippen molar-refractivity contribution in [2.45, 2.75) is 58.8 Å². The highest BCUT2D eigenvalue weighted by Crippen LogP contribution is 2.32. The topological polar surface area (TPSA) is 59.1 Å². The zero-order valence-corrected chi connectivity index (χ0v) is 13.7. The molecule has 0 radical (unpaired) electrons. The van der Waals surface area contributed by atoms with Crippen LogP contribution >= 0.6 is 11.3 Å². The van der Waals surface area contributed by atoms with Crippen molar-refractivity contribution in [3.8, 4) is 0 Å². The summed E-state index contributed by atoms with van der Waals surface area (Å²) in [6.07, 6.45) is 8.14. The Balaban J connectivity index is 1.80. The van der Waals surface area contributed by atoms with E-state index in [2.05, 4.69) is 17.2 Å². The maximum absolute atomic E-state index is 12.2. The second kappa shape index (κ2) is 7.69. The quantitative estimate of drug-likeness (QED) is 0.798. The van der Waals surface area contributed by atoms with Crippen LogP contribution in [0.5, 0.6) is 0 Å². The highest BCUT2D eigenvalue weighted by molar-refractivity contribution is 7.14. The SMILES string of the molecule is CCCCC1CCC(C(=O)Nc2nc(C(C)=O)cs2)CC1. The molecule has 1 aliphatic rings. The molecule has 0 atom stereocenters. The van der Waals surface area contributed by atoms with E-state index >= 15 is 0 Å². The molecule has 4 nitrogen and oxygen atoms in total. The van der Waals surface area contributed by atoms with Gasteiger partial charge in [-0.15, -0.1) is 11.3 Å². The summed E-state index contributed by atoms with van der Waals surface area (Å²) in [6.45, 7) is 3.71. The van der Waals surface area contributed by atoms with E-state index in [1.807, 2.05) is 0 Å². The number of aromatic nitrogens is 1. The van der Waals surface area contributed by atoms with Crippen LogP contribution < -0.4 is 5.32 Å². The molecular formula is C16H24N2O2S. The van der Waals surface area contributed by atoms with Crippen LogP contribution in [0.3, 0.4) is 0 Å². The van der Waals surface area contributed by atoms with Crippen molar-refractivity contribution in [3.05, 3.63) is 11.1 Å². The number of rotatable bonds is 6. The molecule has 1 aromatic rings. The van der Waals surface area contributed by atoms with Crippen LogP contribution in [-0.4, -0.2) is 16.7 Å². The van der Waals surface area contributed by atoms with Crippen LogP contribution in [0.25, 0.3) is 0 Å². The van der Waals surface area contributed by atoms with Gasteiger partial charge in [-0.1, -0.05) is 26.2 Å². The van der Waals surface area contributed by atoms with Crippen LogP contribution in [0.15, 0.2) is 5.38 Å². The predicted octanol–water partition coefficient (Wildman–Crippen LogP) is 4.28. The van der Waals surface area contributed by atoms with Crippen LogP contribution in [0.4, 0.5) is 5.13 Å². The van der Waals surface area contributed by atoms with E-state index in [0.717, 1.165) is 31.6 Å². The van der Waals surface area contributed by atoms with Gasteiger partial charge in [-0.3, -0.25) is 9.59 Å². The molecule has 0 aliphatic heterocycles. The van der Waals surface area contributed by atoms with Crippen molar-refractivity contribution < 1.29 is 9.59 Å². The molecule has 1 saturated carbocycles. The number of amides is 1. The molecule has 1 aliphatic carbocycles. The first-order chi connectivity index (χ1) is 10.1. The minimum atomic E-state index is -0.0665. The number of Topliss-reactive ketones (excluding diaryl/α,β-unsaturated/α-hetero) is 1. The maximum Gasteiger partial charge on any atom is 0.229 e. The Bertz CT molecular complexity index is 490. The van der Waals surface area contributed by atoms with Crippen molar-refractivity contribution in [2.24, 2.45) is 11.8 Å². The second-order valence-corrected chi connectivity index (χ2v) is 6.80. The van der Waals surface area contributed by atoms with Gasteiger partial charge in [0, 0.05) is 18.2 Å². The van der Waals surface area contributed by atoms with E-state index in [9.17, 15) is 9.59 Å². The lowest BCUT2D eigenvalue weighted by atomic mass is 9.79. The Morgan fingerprint density at radius 1 is 1.33 bits per heavy atom. The molecule has 1 heterocycles. The average molecular weight is 308 g/mol. The predicted molar refractivity (Wildman–Crippen MR) is 85.7 cm³/mol. The zero-order chi connectivity index (χ0) is 15.2. The number of hydrogen-bond donors (Lipinski definition) is 1. The first-order valence-corrected chi connectivity index (χ1v) is 8.75. The summed E-state index contributed by atoms with van der Waals surface area (Å²) in [5.74, 6) is 0.905. The Hall–Kier alpha value is -1.23. The molecule has 116 valence electrons. The molecule has 21 heavy (non-hydrogen) atoms. The third kappa shape index (κ3) is 4.63. The first kappa shape index (κ1) is 16.1. The van der Waals surface area contributed by atoms with Crippen LogP contribution in [0, 0.1) is 11.8 Å². The first-order valence-electron chi connectivity index (χ1n) is 7.87. The molecule has 1 N–H and O–H groups in total. The third-order valence-corrected chi connectivity index (χ3v) is 5.04. The van der Waals surface area contributed by atoms with Crippen molar-refractivity contribution in [1.82, 2.24) is 4.98 Å². The van der Waals surface area contributed by atoms with Gasteiger partial charge in [0.05, 0.1) is 0 Å². The molecule has 2 rings (SSSR count). The number of carbonyl (C=O) groups excluding carboxylic acids is 2. The van der Waals surface area contributed by atoms with Gasteiger partial charge >= 0.3 is 0 Å². The summed E-state index contributed by atoms with van der Waals surface area (Å²) in [4.78, 5) is 27.6. The zero-order valence-electron chi connectivity index (χ0n) is 12.9. The number of unbranched alkanes of at least 4 members (excludes halogenated alkanes) is 1. The van der Waals surface area contributed by atoms with Gasteiger partial charge in [0.2, 0.25) is 5.91 Å². The molecule has 0 aromatic carbocycles. The van der Waals surface area contributed by atoms with Crippen molar-refractivity contribution in [3.63, 3.8) is 0 Å². The van der Waals surface area contributed by atoms with Gasteiger partial charge < -0.3 is 5.32 Å². The smallest absolute Gasteiger partial charge is 0.229 e. The van der Waals surface area contributed by atoms with Crippen molar-refractivity contribution >= 4 is 28.2 Å². The van der Waals surface area contributed by atoms with E-state index < -0.39 is 0 Å². The highest BCUT2D eigenvalue weighted by Gasteiger charge is 2.26. The minimum Gasteiger partial charge on any atom is -0.302 e. The number of hydrogen-bond acceptors (Lipinski definition) is 4. The molecule has 1 aromatic heterocycles. The van der Waals surface area contributed by atoms with E-state index in [1.165, 1.54) is 37.5 Å². The molecule has 0 unspecified atom stereocenters. The average Bonchev–Trinajstić information content (AvgIpc) is 2.94. The normalized spacial score (nSPS) is 22.0. The number of nitrogens with one attached hydrogen (secondary N) is 1. The Labute approximate surface area is 130 Å². The standard InChI is InChI=1S/C16H24N2O2S/c1-3-4-5-12-6-8-13(9-7-12)15(20)18-16-17-14(10-21-16)11(2)19/h10,12-13H,3-9H2,1-2H3,(H,17,18,20). The maximum atomic E-state index is 12.2. The fourth-order valence-corrected chi connectivity index (χ4v) is 3.66. The third-order valence-electron chi connectivity index (χ3n) is 4.28. The number of carbonyl (C=O) groups is 2. The van der Waals surface area contributed by atoms with Gasteiger partial charge in [-0.2, -0.15) is 0 Å². The largest absolute Gasteiger partial charge is 0.302 e. The number of nitrogens with zero attached hydrogens (tertiary/aromatic N) is 1. The van der Waals surface area contributed by atoms with Crippen LogP contribution in [0.2, 0.25) is 0 Å². The summed E-state index contributed by atoms with van der Waals surface area (Å²) in [6, 6.07) is 0. The van der Waals surface area contributed by atoms with E-state index in [-0.39, 0.29) is 17.6 Å². The monoisotopic (exact) mass is 308 g/mol. The Morgan fingerprint density at radius 3 is 2.62 bits per heavy atom. The molecule has 1 amide bonds. The van der Waals surface area contributed by atoms with Crippen molar-refractivity contribution in [2.75, 3.05) is 5.32 Å². The van der Waals surface area contributed by atoms with Gasteiger partial charge in [-0.05, 0) is 31.6 Å². The van der Waals surface area contributed by atoms with Crippen LogP contribution in [-0.2, 0) is 4.79 Å². The Kier molecular flexibility index (Phi) is 5.91. The molecule has 0 saturated heterocycles. The van der Waals surface area contributed by atoms with E-state index in [4.69, 9.17) is 0 Å². The van der Waals surface area contributed by atoms with E-state index in [0.29, 0.717) is 10.8 Å². The van der Waals surface area contributed by atoms with Crippen molar-refractivity contribution in [1.29, 1.82) is 0 Å². The summed E-state index contributed by atoms with van der Waals surface area (Å²) < 4.78 is 0.